The van der Waals surface area contributed by atoms with Crippen molar-refractivity contribution in [2.75, 3.05) is 74.9 Å². The van der Waals surface area contributed by atoms with Crippen molar-refractivity contribution in [3.63, 3.8) is 0 Å². The third-order valence-electron chi connectivity index (χ3n) is 7.63. The molecule has 3 amide bonds. The van der Waals surface area contributed by atoms with E-state index in [1.165, 1.54) is 17.0 Å². The van der Waals surface area contributed by atoms with Gasteiger partial charge in [-0.15, -0.1) is 0 Å². The third kappa shape index (κ3) is 6.94. The monoisotopic (exact) mass is 635 g/mol. The fourth-order valence-electron chi connectivity index (χ4n) is 5.13. The van der Waals surface area contributed by atoms with Crippen LogP contribution in [-0.4, -0.2) is 91.3 Å². The highest BCUT2D eigenvalue weighted by molar-refractivity contribution is 6.01. The van der Waals surface area contributed by atoms with Crippen molar-refractivity contribution >= 4 is 46.0 Å². The molecule has 2 N–H and O–H groups in total. The molecule has 0 aliphatic carbocycles. The summed E-state index contributed by atoms with van der Waals surface area (Å²) in [6.45, 7) is 2.47. The number of anilines is 4. The number of benzene rings is 3. The second-order valence-corrected chi connectivity index (χ2v) is 11.4. The number of nitrogens with zero attached hydrogens (tertiary/aromatic N) is 7. The van der Waals surface area contributed by atoms with E-state index in [0.717, 1.165) is 22.3 Å². The molecule has 3 heterocycles. The summed E-state index contributed by atoms with van der Waals surface area (Å²) in [6, 6.07) is 16.2. The van der Waals surface area contributed by atoms with Crippen molar-refractivity contribution in [2.45, 2.75) is 0 Å². The maximum Gasteiger partial charge on any atom is 0.323 e. The van der Waals surface area contributed by atoms with Gasteiger partial charge in [-0.05, 0) is 60.2 Å². The minimum Gasteiger partial charge on any atom is -0.378 e. The molecular formula is C34H34FN9O3. The number of ether oxygens (including phenoxy) is 1. The minimum atomic E-state index is -0.645. The number of halogens is 1. The molecule has 0 spiro atoms. The van der Waals surface area contributed by atoms with Crippen LogP contribution in [0, 0.1) is 5.82 Å². The first-order valence-electron chi connectivity index (χ1n) is 15.0. The van der Waals surface area contributed by atoms with E-state index in [0.29, 0.717) is 60.4 Å². The first kappa shape index (κ1) is 31.3. The van der Waals surface area contributed by atoms with Gasteiger partial charge in [-0.2, -0.15) is 0 Å². The molecule has 0 bridgehead atoms. The highest BCUT2D eigenvalue weighted by Crippen LogP contribution is 2.32. The molecule has 240 valence electrons. The first-order chi connectivity index (χ1) is 22.7. The lowest BCUT2D eigenvalue weighted by molar-refractivity contribution is 0.0827. The Morgan fingerprint density at radius 2 is 1.53 bits per heavy atom. The SMILES string of the molecule is CN(C)C(=O)c1ccc(NC(=O)Nc2ccc(-c3nc(N4CCOCC4)c4ccc(-c5cnc(N(C)C)nc5)cc4n3)cc2F)cc1. The van der Waals surface area contributed by atoms with E-state index < -0.39 is 11.8 Å². The van der Waals surface area contributed by atoms with Crippen molar-refractivity contribution in [1.29, 1.82) is 0 Å². The standard InChI is InChI=1S/C34H34FN9O3/c1-42(2)32(45)21-5-9-25(10-6-21)38-34(46)40-28-12-8-23(17-27(28)35)30-39-29-18-22(24-19-36-33(37-20-24)43(3)4)7-11-26(29)31(41-30)44-13-15-47-16-14-44/h5-12,17-20H,13-16H2,1-4H3,(H2,38,40,46). The lowest BCUT2D eigenvalue weighted by Gasteiger charge is -2.29. The predicted molar refractivity (Wildman–Crippen MR) is 180 cm³/mol. The van der Waals surface area contributed by atoms with E-state index in [9.17, 15) is 9.59 Å². The van der Waals surface area contributed by atoms with Gasteiger partial charge in [0, 0.05) is 81.4 Å². The summed E-state index contributed by atoms with van der Waals surface area (Å²) in [5, 5.41) is 6.06. The molecule has 2 aromatic heterocycles. The van der Waals surface area contributed by atoms with Gasteiger partial charge in [0.05, 0.1) is 24.4 Å². The molecule has 1 fully saturated rings. The van der Waals surface area contributed by atoms with Crippen LogP contribution in [0.5, 0.6) is 0 Å². The summed E-state index contributed by atoms with van der Waals surface area (Å²) >= 11 is 0. The van der Waals surface area contributed by atoms with Crippen molar-refractivity contribution < 1.29 is 18.7 Å². The highest BCUT2D eigenvalue weighted by atomic mass is 19.1. The molecule has 3 aromatic carbocycles. The molecule has 1 saturated heterocycles. The van der Waals surface area contributed by atoms with Crippen LogP contribution in [0.2, 0.25) is 0 Å². The molecule has 12 nitrogen and oxygen atoms in total. The molecule has 0 unspecified atom stereocenters. The number of nitrogens with one attached hydrogen (secondary N) is 2. The second kappa shape index (κ2) is 13.3. The number of carbonyl (C=O) groups excluding carboxylic acids is 2. The Hall–Kier alpha value is -5.69. The second-order valence-electron chi connectivity index (χ2n) is 11.4. The van der Waals surface area contributed by atoms with E-state index >= 15 is 4.39 Å². The summed E-state index contributed by atoms with van der Waals surface area (Å²) < 4.78 is 21.0. The van der Waals surface area contributed by atoms with Crippen LogP contribution in [0.3, 0.4) is 0 Å². The molecule has 0 atom stereocenters. The molecule has 1 aliphatic rings. The number of hydrogen-bond acceptors (Lipinski definition) is 9. The normalized spacial score (nSPS) is 12.9. The Morgan fingerprint density at radius 3 is 2.19 bits per heavy atom. The van der Waals surface area contributed by atoms with Crippen LogP contribution < -0.4 is 20.4 Å². The molecule has 1 aliphatic heterocycles. The van der Waals surface area contributed by atoms with E-state index in [1.54, 1.807) is 56.8 Å². The number of morpholine rings is 1. The predicted octanol–water partition coefficient (Wildman–Crippen LogP) is 5.14. The molecule has 5 aromatic rings. The lowest BCUT2D eigenvalue weighted by atomic mass is 10.1. The maximum absolute atomic E-state index is 15.4. The van der Waals surface area contributed by atoms with Crippen LogP contribution in [0.15, 0.2) is 73.1 Å². The number of fused-ring (bicyclic) bond motifs is 1. The van der Waals surface area contributed by atoms with Gasteiger partial charge < -0.3 is 30.1 Å². The van der Waals surface area contributed by atoms with Gasteiger partial charge in [-0.25, -0.2) is 29.1 Å². The number of rotatable bonds is 7. The largest absolute Gasteiger partial charge is 0.378 e. The van der Waals surface area contributed by atoms with Crippen LogP contribution in [0.4, 0.5) is 32.3 Å². The molecule has 13 heteroatoms. The molecule has 0 radical (unpaired) electrons. The zero-order valence-corrected chi connectivity index (χ0v) is 26.5. The number of carbonyl (C=O) groups is 2. The van der Waals surface area contributed by atoms with Gasteiger partial charge >= 0.3 is 6.03 Å². The van der Waals surface area contributed by atoms with E-state index in [-0.39, 0.29) is 11.6 Å². The summed E-state index contributed by atoms with van der Waals surface area (Å²) in [6.07, 6.45) is 3.54. The minimum absolute atomic E-state index is 0.0108. The summed E-state index contributed by atoms with van der Waals surface area (Å²) in [7, 11) is 7.09. The van der Waals surface area contributed by atoms with Gasteiger partial charge in [-0.1, -0.05) is 6.07 Å². The van der Waals surface area contributed by atoms with Gasteiger partial charge in [0.1, 0.15) is 11.6 Å². The fraction of sp³-hybridized carbons (Fsp3) is 0.235. The third-order valence-corrected chi connectivity index (χ3v) is 7.63. The number of amides is 3. The maximum atomic E-state index is 15.4. The highest BCUT2D eigenvalue weighted by Gasteiger charge is 2.20. The fourth-order valence-corrected chi connectivity index (χ4v) is 5.13. The Balaban J connectivity index is 1.27. The van der Waals surface area contributed by atoms with Crippen molar-refractivity contribution in [1.82, 2.24) is 24.8 Å². The quantitative estimate of drug-likeness (QED) is 0.250. The molecule has 47 heavy (non-hydrogen) atoms. The number of aromatic nitrogens is 4. The lowest BCUT2D eigenvalue weighted by Crippen LogP contribution is -2.37. The topological polar surface area (TPSA) is 129 Å². The summed E-state index contributed by atoms with van der Waals surface area (Å²) in [5.41, 5.74) is 3.79. The van der Waals surface area contributed by atoms with E-state index in [4.69, 9.17) is 14.7 Å². The van der Waals surface area contributed by atoms with Crippen LogP contribution >= 0.6 is 0 Å². The van der Waals surface area contributed by atoms with Crippen LogP contribution in [0.25, 0.3) is 33.4 Å². The van der Waals surface area contributed by atoms with E-state index in [1.807, 2.05) is 37.2 Å². The van der Waals surface area contributed by atoms with Crippen molar-refractivity contribution in [2.24, 2.45) is 0 Å². The zero-order chi connectivity index (χ0) is 33.1. The Morgan fingerprint density at radius 1 is 0.830 bits per heavy atom. The van der Waals surface area contributed by atoms with Crippen LogP contribution in [-0.2, 0) is 4.74 Å². The van der Waals surface area contributed by atoms with E-state index in [2.05, 4.69) is 25.5 Å². The van der Waals surface area contributed by atoms with Gasteiger partial charge in [0.25, 0.3) is 5.91 Å². The zero-order valence-electron chi connectivity index (χ0n) is 26.5. The first-order valence-corrected chi connectivity index (χ1v) is 15.0. The van der Waals surface area contributed by atoms with Gasteiger partial charge in [-0.3, -0.25) is 4.79 Å². The Bertz CT molecular complexity index is 1930. The van der Waals surface area contributed by atoms with Crippen molar-refractivity contribution in [3.8, 4) is 22.5 Å². The van der Waals surface area contributed by atoms with Gasteiger partial charge in [0.2, 0.25) is 5.95 Å². The summed E-state index contributed by atoms with van der Waals surface area (Å²) in [4.78, 5) is 48.8. The Kier molecular flexibility index (Phi) is 8.89. The summed E-state index contributed by atoms with van der Waals surface area (Å²) in [5.74, 6) is 0.892. The Labute approximate surface area is 271 Å². The smallest absolute Gasteiger partial charge is 0.323 e. The molecule has 0 saturated carbocycles. The number of urea groups is 1. The average molecular weight is 636 g/mol. The van der Waals surface area contributed by atoms with Crippen LogP contribution in [0.1, 0.15) is 10.4 Å². The number of hydrogen-bond donors (Lipinski definition) is 2. The van der Waals surface area contributed by atoms with Crippen molar-refractivity contribution in [3.05, 3.63) is 84.4 Å². The molecule has 6 rings (SSSR count). The van der Waals surface area contributed by atoms with Gasteiger partial charge in [0.15, 0.2) is 5.82 Å². The average Bonchev–Trinajstić information content (AvgIpc) is 3.08. The molecular weight excluding hydrogens is 601 g/mol.